The molecule has 0 spiro atoms. The fraction of sp³-hybridized carbons (Fsp3) is 0.714. The van der Waals surface area contributed by atoms with Gasteiger partial charge in [0, 0.05) is 5.25 Å². The topological polar surface area (TPSA) is 40.1 Å². The fourth-order valence-corrected chi connectivity index (χ4v) is 1.64. The van der Waals surface area contributed by atoms with Crippen LogP contribution < -0.4 is 0 Å². The molecule has 58 valence electrons. The Morgan fingerprint density at radius 1 is 1.50 bits per heavy atom. The molecule has 0 radical (unpaired) electrons. The molecule has 3 unspecified atom stereocenters. The predicted molar refractivity (Wildman–Crippen MR) is 40.2 cm³/mol. The molecule has 0 bridgehead atoms. The Balaban J connectivity index is 2.53. The molecule has 3 heteroatoms. The minimum atomic E-state index is -1.90. The van der Waals surface area contributed by atoms with Crippen molar-refractivity contribution in [1.82, 2.24) is 0 Å². The van der Waals surface area contributed by atoms with Gasteiger partial charge in [0.1, 0.15) is 0 Å². The second kappa shape index (κ2) is 3.30. The zero-order valence-corrected chi connectivity index (χ0v) is 6.76. The Labute approximate surface area is 63.6 Å². The molecule has 1 rings (SSSR count). The van der Waals surface area contributed by atoms with E-state index in [9.17, 15) is 8.76 Å². The quantitative estimate of drug-likeness (QED) is 0.426. The predicted octanol–water partition coefficient (Wildman–Crippen LogP) is 1.22. The van der Waals surface area contributed by atoms with Gasteiger partial charge < -0.3 is 4.55 Å². The average Bonchev–Trinajstić information content (AvgIpc) is 1.88. The van der Waals surface area contributed by atoms with Crippen molar-refractivity contribution < 1.29 is 8.76 Å². The lowest BCUT2D eigenvalue weighted by Gasteiger charge is -2.21. The van der Waals surface area contributed by atoms with Gasteiger partial charge in [0.05, 0.1) is 0 Å². The molecule has 1 aliphatic rings. The molecule has 0 amide bonds. The van der Waals surface area contributed by atoms with Gasteiger partial charge in [-0.15, -0.1) is 0 Å². The summed E-state index contributed by atoms with van der Waals surface area (Å²) in [6.45, 7) is 2.10. The van der Waals surface area contributed by atoms with Gasteiger partial charge in [-0.1, -0.05) is 19.1 Å². The lowest BCUT2D eigenvalue weighted by Crippen LogP contribution is -2.16. The van der Waals surface area contributed by atoms with Crippen LogP contribution in [0.2, 0.25) is 0 Å². The van der Waals surface area contributed by atoms with Gasteiger partial charge in [0.2, 0.25) is 0 Å². The Bertz CT molecular complexity index is 165. The Kier molecular flexibility index (Phi) is 2.63. The van der Waals surface area contributed by atoms with Crippen LogP contribution in [-0.4, -0.2) is 14.0 Å². The summed E-state index contributed by atoms with van der Waals surface area (Å²) < 4.78 is 20.8. The van der Waals surface area contributed by atoms with Gasteiger partial charge >= 0.3 is 0 Å². The van der Waals surface area contributed by atoms with Crippen molar-refractivity contribution >= 4 is 11.1 Å². The summed E-state index contributed by atoms with van der Waals surface area (Å²) >= 11 is -1.90. The molecule has 0 aromatic heterocycles. The molecule has 0 aliphatic heterocycles. The van der Waals surface area contributed by atoms with Crippen LogP contribution in [0.5, 0.6) is 0 Å². The maximum atomic E-state index is 10.4. The van der Waals surface area contributed by atoms with Crippen molar-refractivity contribution in [2.45, 2.75) is 25.0 Å². The molecule has 0 aromatic carbocycles. The number of hydrogen-bond donors (Lipinski definition) is 0. The highest BCUT2D eigenvalue weighted by molar-refractivity contribution is 7.80. The first kappa shape index (κ1) is 7.95. The molecule has 2 nitrogen and oxygen atoms in total. The average molecular weight is 159 g/mol. The van der Waals surface area contributed by atoms with E-state index in [-0.39, 0.29) is 5.25 Å². The van der Waals surface area contributed by atoms with Crippen LogP contribution in [0.4, 0.5) is 0 Å². The van der Waals surface area contributed by atoms with E-state index in [1.165, 1.54) is 0 Å². The summed E-state index contributed by atoms with van der Waals surface area (Å²) in [6, 6.07) is 0. The van der Waals surface area contributed by atoms with E-state index in [1.807, 2.05) is 6.08 Å². The molecule has 1 aliphatic carbocycles. The first-order valence-corrected chi connectivity index (χ1v) is 4.60. The SMILES string of the molecule is CC1C=CC(S(=O)[O-])CC1. The minimum absolute atomic E-state index is 0.226. The van der Waals surface area contributed by atoms with E-state index in [0.717, 1.165) is 12.8 Å². The number of rotatable bonds is 1. The molecule has 0 N–H and O–H groups in total. The van der Waals surface area contributed by atoms with Crippen molar-refractivity contribution in [3.63, 3.8) is 0 Å². The van der Waals surface area contributed by atoms with E-state index in [0.29, 0.717) is 5.92 Å². The number of hydrogen-bond acceptors (Lipinski definition) is 2. The van der Waals surface area contributed by atoms with Crippen LogP contribution in [0.3, 0.4) is 0 Å². The third-order valence-electron chi connectivity index (χ3n) is 1.81. The zero-order chi connectivity index (χ0) is 7.56. The lowest BCUT2D eigenvalue weighted by molar-refractivity contribution is 0.509. The van der Waals surface area contributed by atoms with E-state index < -0.39 is 11.1 Å². The smallest absolute Gasteiger partial charge is 0.0395 e. The number of allylic oxidation sites excluding steroid dienone is 1. The molecule has 3 atom stereocenters. The molecule has 0 saturated carbocycles. The van der Waals surface area contributed by atoms with Crippen LogP contribution in [0.25, 0.3) is 0 Å². The van der Waals surface area contributed by atoms with Gasteiger partial charge in [-0.3, -0.25) is 4.21 Å². The van der Waals surface area contributed by atoms with E-state index in [1.54, 1.807) is 6.08 Å². The Hall–Kier alpha value is -0.150. The van der Waals surface area contributed by atoms with Crippen molar-refractivity contribution in [2.75, 3.05) is 0 Å². The Morgan fingerprint density at radius 2 is 2.20 bits per heavy atom. The van der Waals surface area contributed by atoms with Gasteiger partial charge in [-0.05, 0) is 29.8 Å². The molecule has 0 aromatic rings. The summed E-state index contributed by atoms with van der Waals surface area (Å²) in [5, 5.41) is -0.226. The highest BCUT2D eigenvalue weighted by Gasteiger charge is 2.11. The van der Waals surface area contributed by atoms with Crippen LogP contribution in [-0.2, 0) is 11.1 Å². The van der Waals surface area contributed by atoms with Crippen molar-refractivity contribution in [3.8, 4) is 0 Å². The maximum absolute atomic E-state index is 10.4. The molecule has 0 heterocycles. The van der Waals surface area contributed by atoms with Crippen LogP contribution in [0.15, 0.2) is 12.2 Å². The second-order valence-electron chi connectivity index (χ2n) is 2.74. The third-order valence-corrected chi connectivity index (χ3v) is 2.70. The summed E-state index contributed by atoms with van der Waals surface area (Å²) in [7, 11) is 0. The first-order chi connectivity index (χ1) is 4.70. The van der Waals surface area contributed by atoms with Gasteiger partial charge in [0.25, 0.3) is 0 Å². The second-order valence-corrected chi connectivity index (χ2v) is 3.86. The van der Waals surface area contributed by atoms with E-state index in [2.05, 4.69) is 6.92 Å². The summed E-state index contributed by atoms with van der Waals surface area (Å²) in [6.07, 6.45) is 5.55. The van der Waals surface area contributed by atoms with Crippen molar-refractivity contribution in [1.29, 1.82) is 0 Å². The molecular weight excluding hydrogens is 148 g/mol. The normalized spacial score (nSPS) is 35.8. The zero-order valence-electron chi connectivity index (χ0n) is 5.95. The van der Waals surface area contributed by atoms with Crippen LogP contribution in [0.1, 0.15) is 19.8 Å². The van der Waals surface area contributed by atoms with Gasteiger partial charge in [-0.2, -0.15) is 0 Å². The first-order valence-electron chi connectivity index (χ1n) is 3.46. The van der Waals surface area contributed by atoms with Crippen LogP contribution >= 0.6 is 0 Å². The van der Waals surface area contributed by atoms with Crippen LogP contribution in [0, 0.1) is 5.92 Å². The molecule has 10 heavy (non-hydrogen) atoms. The summed E-state index contributed by atoms with van der Waals surface area (Å²) in [4.78, 5) is 0. The Morgan fingerprint density at radius 3 is 2.60 bits per heavy atom. The largest absolute Gasteiger partial charge is 0.772 e. The van der Waals surface area contributed by atoms with E-state index in [4.69, 9.17) is 0 Å². The fourth-order valence-electron chi connectivity index (χ4n) is 1.09. The van der Waals surface area contributed by atoms with Crippen molar-refractivity contribution in [3.05, 3.63) is 12.2 Å². The highest BCUT2D eigenvalue weighted by Crippen LogP contribution is 2.19. The highest BCUT2D eigenvalue weighted by atomic mass is 32.2. The molecular formula is C7H11O2S-. The van der Waals surface area contributed by atoms with E-state index >= 15 is 0 Å². The maximum Gasteiger partial charge on any atom is 0.0395 e. The van der Waals surface area contributed by atoms with Gasteiger partial charge in [0.15, 0.2) is 0 Å². The van der Waals surface area contributed by atoms with Crippen molar-refractivity contribution in [2.24, 2.45) is 5.92 Å². The monoisotopic (exact) mass is 159 g/mol. The van der Waals surface area contributed by atoms with Gasteiger partial charge in [-0.25, -0.2) is 0 Å². The molecule has 0 saturated heterocycles. The summed E-state index contributed by atoms with van der Waals surface area (Å²) in [5.74, 6) is 0.555. The third kappa shape index (κ3) is 1.92. The standard InChI is InChI=1S/C7H12O2S/c1-6-2-4-7(5-3-6)10(8)9/h2,4,6-7H,3,5H2,1H3,(H,8,9)/p-1. The molecule has 0 fully saturated rings. The minimum Gasteiger partial charge on any atom is -0.772 e. The lowest BCUT2D eigenvalue weighted by atomic mass is 9.98. The summed E-state index contributed by atoms with van der Waals surface area (Å²) in [5.41, 5.74) is 0.